The van der Waals surface area contributed by atoms with Crippen molar-refractivity contribution in [3.8, 4) is 16.9 Å². The fourth-order valence-corrected chi connectivity index (χ4v) is 4.65. The molecule has 0 saturated carbocycles. The zero-order valence-corrected chi connectivity index (χ0v) is 19.8. The first-order valence-electron chi connectivity index (χ1n) is 10.3. The van der Waals surface area contributed by atoms with Gasteiger partial charge < -0.3 is 5.32 Å². The van der Waals surface area contributed by atoms with Crippen LogP contribution >= 0.6 is 23.1 Å². The fraction of sp³-hybridized carbons (Fsp3) is 0.261. The average Bonchev–Trinajstić information content (AvgIpc) is 3.42. The van der Waals surface area contributed by atoms with E-state index in [1.54, 1.807) is 4.68 Å². The Bertz CT molecular complexity index is 1200. The Balaban J connectivity index is 1.35. The number of carbonyl (C=O) groups excluding carboxylic acids is 1. The molecule has 1 amide bonds. The third-order valence-electron chi connectivity index (χ3n) is 4.66. The van der Waals surface area contributed by atoms with Crippen molar-refractivity contribution in [2.24, 2.45) is 5.92 Å². The van der Waals surface area contributed by atoms with E-state index in [-0.39, 0.29) is 11.7 Å². The molecule has 0 bridgehead atoms. The summed E-state index contributed by atoms with van der Waals surface area (Å²) in [4.78, 5) is 17.0. The smallest absolute Gasteiger partial charge is 0.236 e. The molecule has 2 aromatic carbocycles. The molecule has 32 heavy (non-hydrogen) atoms. The third kappa shape index (κ3) is 5.60. The number of tetrazole rings is 1. The Kier molecular flexibility index (Phi) is 6.96. The van der Waals surface area contributed by atoms with Gasteiger partial charge >= 0.3 is 0 Å². The van der Waals surface area contributed by atoms with E-state index in [4.69, 9.17) is 0 Å². The van der Waals surface area contributed by atoms with Gasteiger partial charge in [-0.3, -0.25) is 4.79 Å². The maximum atomic E-state index is 12.5. The van der Waals surface area contributed by atoms with Crippen molar-refractivity contribution in [1.29, 1.82) is 0 Å². The predicted molar refractivity (Wildman–Crippen MR) is 129 cm³/mol. The normalized spacial score (nSPS) is 11.1. The standard InChI is InChI=1S/C23H24N6OS2/c1-15(2)11-17-7-9-18(10-8-17)20-13-31-22(24-20)25-21(30)14-32-23-26-27-28-29(23)19-6-4-5-16(3)12-19/h4-10,12-13,15H,11,14H2,1-3H3,(H,24,25,30). The number of anilines is 1. The van der Waals surface area contributed by atoms with Crippen molar-refractivity contribution < 1.29 is 4.79 Å². The zero-order chi connectivity index (χ0) is 22.5. The number of nitrogens with zero attached hydrogens (tertiary/aromatic N) is 5. The minimum atomic E-state index is -0.151. The second-order valence-electron chi connectivity index (χ2n) is 7.88. The number of nitrogens with one attached hydrogen (secondary N) is 1. The molecule has 2 heterocycles. The average molecular weight is 465 g/mol. The zero-order valence-electron chi connectivity index (χ0n) is 18.1. The lowest BCUT2D eigenvalue weighted by atomic mass is 10.0. The number of hydrogen-bond donors (Lipinski definition) is 1. The van der Waals surface area contributed by atoms with Gasteiger partial charge in [-0.25, -0.2) is 4.98 Å². The van der Waals surface area contributed by atoms with Crippen LogP contribution in [-0.4, -0.2) is 36.9 Å². The van der Waals surface area contributed by atoms with E-state index in [0.29, 0.717) is 16.2 Å². The van der Waals surface area contributed by atoms with E-state index in [1.165, 1.54) is 28.7 Å². The number of thiazole rings is 1. The van der Waals surface area contributed by atoms with Gasteiger partial charge in [-0.1, -0.05) is 62.0 Å². The predicted octanol–water partition coefficient (Wildman–Crippen LogP) is 5.02. The molecule has 0 unspecified atom stereocenters. The summed E-state index contributed by atoms with van der Waals surface area (Å²) in [7, 11) is 0. The lowest BCUT2D eigenvalue weighted by Crippen LogP contribution is -2.14. The number of aryl methyl sites for hydroxylation is 1. The quantitative estimate of drug-likeness (QED) is 0.368. The number of benzene rings is 2. The highest BCUT2D eigenvalue weighted by atomic mass is 32.2. The Morgan fingerprint density at radius 1 is 1.19 bits per heavy atom. The molecular weight excluding hydrogens is 440 g/mol. The molecule has 9 heteroatoms. The number of carbonyl (C=O) groups is 1. The van der Waals surface area contributed by atoms with Gasteiger partial charge in [-0.2, -0.15) is 4.68 Å². The SMILES string of the molecule is Cc1cccc(-n2nnnc2SCC(=O)Nc2nc(-c3ccc(CC(C)C)cc3)cs2)c1. The molecule has 0 aliphatic rings. The molecule has 4 aromatic rings. The fourth-order valence-electron chi connectivity index (χ4n) is 3.22. The van der Waals surface area contributed by atoms with Gasteiger partial charge in [0.25, 0.3) is 0 Å². The van der Waals surface area contributed by atoms with Gasteiger partial charge in [0.05, 0.1) is 17.1 Å². The van der Waals surface area contributed by atoms with Crippen LogP contribution in [0.25, 0.3) is 16.9 Å². The summed E-state index contributed by atoms with van der Waals surface area (Å²) in [6.45, 7) is 6.44. The molecule has 0 fully saturated rings. The maximum absolute atomic E-state index is 12.5. The topological polar surface area (TPSA) is 85.6 Å². The van der Waals surface area contributed by atoms with Crippen molar-refractivity contribution in [1.82, 2.24) is 25.2 Å². The number of thioether (sulfide) groups is 1. The molecule has 1 N–H and O–H groups in total. The molecule has 0 aliphatic carbocycles. The summed E-state index contributed by atoms with van der Waals surface area (Å²) < 4.78 is 1.63. The molecule has 164 valence electrons. The lowest BCUT2D eigenvalue weighted by Gasteiger charge is -2.05. The van der Waals surface area contributed by atoms with Gasteiger partial charge in [0.2, 0.25) is 11.1 Å². The van der Waals surface area contributed by atoms with E-state index in [0.717, 1.165) is 28.9 Å². The minimum absolute atomic E-state index is 0.151. The van der Waals surface area contributed by atoms with E-state index >= 15 is 0 Å². The van der Waals surface area contributed by atoms with Gasteiger partial charge in [-0.15, -0.1) is 16.4 Å². The Morgan fingerprint density at radius 3 is 2.75 bits per heavy atom. The van der Waals surface area contributed by atoms with Gasteiger partial charge in [0, 0.05) is 10.9 Å². The van der Waals surface area contributed by atoms with E-state index in [9.17, 15) is 4.79 Å². The van der Waals surface area contributed by atoms with Crippen LogP contribution in [0, 0.1) is 12.8 Å². The van der Waals surface area contributed by atoms with Crippen molar-refractivity contribution in [3.63, 3.8) is 0 Å². The monoisotopic (exact) mass is 464 g/mol. The minimum Gasteiger partial charge on any atom is -0.301 e. The van der Waals surface area contributed by atoms with Crippen LogP contribution in [0.3, 0.4) is 0 Å². The van der Waals surface area contributed by atoms with Gasteiger partial charge in [0.1, 0.15) is 0 Å². The van der Waals surface area contributed by atoms with Gasteiger partial charge in [-0.05, 0) is 52.9 Å². The largest absolute Gasteiger partial charge is 0.301 e. The van der Waals surface area contributed by atoms with Crippen molar-refractivity contribution in [2.45, 2.75) is 32.3 Å². The van der Waals surface area contributed by atoms with Crippen LogP contribution in [0.1, 0.15) is 25.0 Å². The molecule has 0 spiro atoms. The number of hydrogen-bond acceptors (Lipinski definition) is 7. The first-order valence-corrected chi connectivity index (χ1v) is 12.2. The molecule has 2 aromatic heterocycles. The van der Waals surface area contributed by atoms with Crippen LogP contribution in [0.15, 0.2) is 59.1 Å². The maximum Gasteiger partial charge on any atom is 0.236 e. The Labute approximate surface area is 195 Å². The highest BCUT2D eigenvalue weighted by Gasteiger charge is 2.13. The Hall–Kier alpha value is -3.04. The summed E-state index contributed by atoms with van der Waals surface area (Å²) in [6.07, 6.45) is 1.06. The van der Waals surface area contributed by atoms with Crippen molar-refractivity contribution in [2.75, 3.05) is 11.1 Å². The van der Waals surface area contributed by atoms with Crippen LogP contribution < -0.4 is 5.32 Å². The second-order valence-corrected chi connectivity index (χ2v) is 9.68. The molecular formula is C23H24N6OS2. The highest BCUT2D eigenvalue weighted by molar-refractivity contribution is 7.99. The van der Waals surface area contributed by atoms with E-state index in [2.05, 4.69) is 63.9 Å². The molecule has 4 rings (SSSR count). The van der Waals surface area contributed by atoms with Crippen molar-refractivity contribution in [3.05, 3.63) is 65.0 Å². The molecule has 7 nitrogen and oxygen atoms in total. The summed E-state index contributed by atoms with van der Waals surface area (Å²) in [5, 5.41) is 17.8. The molecule has 0 atom stereocenters. The molecule has 0 saturated heterocycles. The number of rotatable bonds is 8. The van der Waals surface area contributed by atoms with E-state index in [1.807, 2.05) is 36.6 Å². The lowest BCUT2D eigenvalue weighted by molar-refractivity contribution is -0.113. The summed E-state index contributed by atoms with van der Waals surface area (Å²) in [5.41, 5.74) is 5.19. The third-order valence-corrected chi connectivity index (χ3v) is 6.34. The van der Waals surface area contributed by atoms with Gasteiger partial charge in [0.15, 0.2) is 5.13 Å². The Morgan fingerprint density at radius 2 is 2.00 bits per heavy atom. The highest BCUT2D eigenvalue weighted by Crippen LogP contribution is 2.26. The second kappa shape index (κ2) is 10.1. The van der Waals surface area contributed by atoms with Crippen LogP contribution in [0.5, 0.6) is 0 Å². The molecule has 0 radical (unpaired) electrons. The van der Waals surface area contributed by atoms with Crippen molar-refractivity contribution >= 4 is 34.1 Å². The summed E-state index contributed by atoms with van der Waals surface area (Å²) in [6, 6.07) is 16.3. The first-order chi connectivity index (χ1) is 15.5. The molecule has 0 aliphatic heterocycles. The van der Waals surface area contributed by atoms with Crippen LogP contribution in [-0.2, 0) is 11.2 Å². The summed E-state index contributed by atoms with van der Waals surface area (Å²) >= 11 is 2.70. The van der Waals surface area contributed by atoms with Crippen LogP contribution in [0.2, 0.25) is 0 Å². The van der Waals surface area contributed by atoms with E-state index < -0.39 is 0 Å². The van der Waals surface area contributed by atoms with Crippen LogP contribution in [0.4, 0.5) is 5.13 Å². The first kappa shape index (κ1) is 22.2. The summed E-state index contributed by atoms with van der Waals surface area (Å²) in [5.74, 6) is 0.661. The number of amides is 1. The number of aromatic nitrogens is 5.